The molecule has 0 aliphatic carbocycles. The molecule has 0 unspecified atom stereocenters. The van der Waals surface area contributed by atoms with Crippen LogP contribution in [0.1, 0.15) is 10.4 Å². The predicted octanol–water partition coefficient (Wildman–Crippen LogP) is 3.96. The number of sulfonamides is 1. The minimum Gasteiger partial charge on any atom is -0.493 e. The number of anilines is 2. The van der Waals surface area contributed by atoms with Crippen molar-refractivity contribution in [2.75, 3.05) is 38.0 Å². The fraction of sp³-hybridized carbons (Fsp3) is 0.167. The van der Waals surface area contributed by atoms with Crippen molar-refractivity contribution in [1.82, 2.24) is 0 Å². The Morgan fingerprint density at radius 1 is 0.889 bits per heavy atom. The van der Waals surface area contributed by atoms with E-state index in [1.54, 1.807) is 24.3 Å². The third kappa shape index (κ3) is 6.58. The summed E-state index contributed by atoms with van der Waals surface area (Å²) in [6.07, 6.45) is 0. The third-order valence-corrected chi connectivity index (χ3v) is 6.45. The summed E-state index contributed by atoms with van der Waals surface area (Å²) in [6.45, 7) is -0.413. The highest BCUT2D eigenvalue weighted by atomic mass is 35.5. The number of ether oxygens (including phenoxy) is 4. The number of benzene rings is 3. The van der Waals surface area contributed by atoms with Crippen molar-refractivity contribution in [2.45, 2.75) is 4.90 Å². The van der Waals surface area contributed by atoms with Gasteiger partial charge in [0.2, 0.25) is 0 Å². The van der Waals surface area contributed by atoms with Crippen molar-refractivity contribution in [2.24, 2.45) is 0 Å². The summed E-state index contributed by atoms with van der Waals surface area (Å²) in [7, 11) is 0.202. The van der Waals surface area contributed by atoms with Gasteiger partial charge in [-0.2, -0.15) is 0 Å². The molecule has 0 saturated carbocycles. The van der Waals surface area contributed by atoms with E-state index in [0.29, 0.717) is 16.5 Å². The second-order valence-electron chi connectivity index (χ2n) is 7.17. The molecule has 0 bridgehead atoms. The number of esters is 1. The van der Waals surface area contributed by atoms with E-state index in [1.165, 1.54) is 57.7 Å². The molecule has 36 heavy (non-hydrogen) atoms. The number of hydrogen-bond acceptors (Lipinski definition) is 8. The molecule has 12 heteroatoms. The van der Waals surface area contributed by atoms with Crippen LogP contribution < -0.4 is 24.2 Å². The van der Waals surface area contributed by atoms with Gasteiger partial charge in [-0.1, -0.05) is 11.6 Å². The van der Waals surface area contributed by atoms with Crippen LogP contribution >= 0.6 is 11.6 Å². The summed E-state index contributed by atoms with van der Waals surface area (Å²) < 4.78 is 48.2. The summed E-state index contributed by atoms with van der Waals surface area (Å²) >= 11 is 5.82. The van der Waals surface area contributed by atoms with Crippen LogP contribution in [-0.4, -0.2) is 48.2 Å². The molecular formula is C24H23ClN2O8S. The van der Waals surface area contributed by atoms with Crippen molar-refractivity contribution in [1.29, 1.82) is 0 Å². The fourth-order valence-corrected chi connectivity index (χ4v) is 4.23. The topological polar surface area (TPSA) is 129 Å². The zero-order valence-electron chi connectivity index (χ0n) is 19.5. The van der Waals surface area contributed by atoms with Crippen molar-refractivity contribution >= 4 is 44.9 Å². The molecule has 0 atom stereocenters. The van der Waals surface area contributed by atoms with Crippen LogP contribution in [0.5, 0.6) is 17.2 Å². The first-order valence-corrected chi connectivity index (χ1v) is 12.2. The minimum atomic E-state index is -3.84. The third-order valence-electron chi connectivity index (χ3n) is 4.80. The van der Waals surface area contributed by atoms with E-state index in [4.69, 9.17) is 30.5 Å². The molecule has 0 spiro atoms. The van der Waals surface area contributed by atoms with Gasteiger partial charge >= 0.3 is 5.97 Å². The molecule has 190 valence electrons. The standard InChI is InChI=1S/C24H23ClN2O8S/c1-32-21-12-19(24(29)34-3)20(13-22(21)33-2)26-23(28)14-35-17-8-10-18(11-9-17)36(30,31)27-16-6-4-15(25)5-7-16/h4-13,27H,14H2,1-3H3,(H,26,28). The molecule has 2 N–H and O–H groups in total. The first-order valence-electron chi connectivity index (χ1n) is 10.3. The Morgan fingerprint density at radius 2 is 1.50 bits per heavy atom. The van der Waals surface area contributed by atoms with Crippen LogP contribution in [-0.2, 0) is 19.6 Å². The maximum Gasteiger partial charge on any atom is 0.340 e. The molecule has 1 amide bonds. The average Bonchev–Trinajstić information content (AvgIpc) is 2.88. The summed E-state index contributed by atoms with van der Waals surface area (Å²) in [5.41, 5.74) is 0.562. The van der Waals surface area contributed by atoms with Gasteiger partial charge in [0, 0.05) is 22.8 Å². The second kappa shape index (κ2) is 11.6. The molecule has 0 aliphatic rings. The molecule has 0 radical (unpaired) electrons. The van der Waals surface area contributed by atoms with Gasteiger partial charge in [-0.25, -0.2) is 13.2 Å². The van der Waals surface area contributed by atoms with Crippen LogP contribution in [0.2, 0.25) is 5.02 Å². The molecule has 0 fully saturated rings. The summed E-state index contributed by atoms with van der Waals surface area (Å²) in [5.74, 6) is -0.418. The zero-order chi connectivity index (χ0) is 26.3. The fourth-order valence-electron chi connectivity index (χ4n) is 3.04. The van der Waals surface area contributed by atoms with Crippen LogP contribution in [0.25, 0.3) is 0 Å². The maximum absolute atomic E-state index is 12.6. The quantitative estimate of drug-likeness (QED) is 0.374. The number of methoxy groups -OCH3 is 3. The number of halogens is 1. The first-order chi connectivity index (χ1) is 17.2. The molecule has 0 saturated heterocycles. The molecule has 3 rings (SSSR count). The minimum absolute atomic E-state index is 0.00213. The summed E-state index contributed by atoms with van der Waals surface area (Å²) in [6, 6.07) is 14.5. The molecule has 3 aromatic carbocycles. The molecule has 0 aliphatic heterocycles. The lowest BCUT2D eigenvalue weighted by molar-refractivity contribution is -0.118. The van der Waals surface area contributed by atoms with Crippen molar-refractivity contribution in [3.8, 4) is 17.2 Å². The number of nitrogens with one attached hydrogen (secondary N) is 2. The Balaban J connectivity index is 1.66. The average molecular weight is 535 g/mol. The Morgan fingerprint density at radius 3 is 2.08 bits per heavy atom. The summed E-state index contributed by atoms with van der Waals surface area (Å²) in [5, 5.41) is 3.06. The molecule has 0 aromatic heterocycles. The van der Waals surface area contributed by atoms with Crippen molar-refractivity contribution in [3.05, 3.63) is 71.2 Å². The van der Waals surface area contributed by atoms with Crippen molar-refractivity contribution in [3.63, 3.8) is 0 Å². The number of hydrogen-bond donors (Lipinski definition) is 2. The van der Waals surface area contributed by atoms with E-state index in [1.807, 2.05) is 0 Å². The van der Waals surface area contributed by atoms with Gasteiger partial charge in [0.05, 0.1) is 37.5 Å². The van der Waals surface area contributed by atoms with Gasteiger partial charge < -0.3 is 24.3 Å². The second-order valence-corrected chi connectivity index (χ2v) is 9.28. The highest BCUT2D eigenvalue weighted by Crippen LogP contribution is 2.33. The molecule has 3 aromatic rings. The monoisotopic (exact) mass is 534 g/mol. The van der Waals surface area contributed by atoms with Gasteiger partial charge in [0.25, 0.3) is 15.9 Å². The smallest absolute Gasteiger partial charge is 0.340 e. The largest absolute Gasteiger partial charge is 0.493 e. The van der Waals surface area contributed by atoms with Gasteiger partial charge in [-0.3, -0.25) is 9.52 Å². The highest BCUT2D eigenvalue weighted by molar-refractivity contribution is 7.92. The van der Waals surface area contributed by atoms with Crippen LogP contribution in [0.3, 0.4) is 0 Å². The molecular weight excluding hydrogens is 512 g/mol. The van der Waals surface area contributed by atoms with E-state index in [9.17, 15) is 18.0 Å². The van der Waals surface area contributed by atoms with Gasteiger partial charge in [-0.15, -0.1) is 0 Å². The Hall–Kier alpha value is -3.96. The normalized spacial score (nSPS) is 10.8. The predicted molar refractivity (Wildman–Crippen MR) is 134 cm³/mol. The number of carbonyl (C=O) groups is 2. The molecule has 0 heterocycles. The Labute approximate surface area is 213 Å². The zero-order valence-corrected chi connectivity index (χ0v) is 21.1. The van der Waals surface area contributed by atoms with Crippen LogP contribution in [0, 0.1) is 0 Å². The number of amides is 1. The lowest BCUT2D eigenvalue weighted by Gasteiger charge is -2.15. The maximum atomic E-state index is 12.6. The van der Waals surface area contributed by atoms with Crippen LogP contribution in [0.4, 0.5) is 11.4 Å². The lowest BCUT2D eigenvalue weighted by atomic mass is 10.1. The summed E-state index contributed by atoms with van der Waals surface area (Å²) in [4.78, 5) is 24.6. The SMILES string of the molecule is COC(=O)c1cc(OC)c(OC)cc1NC(=O)COc1ccc(S(=O)(=O)Nc2ccc(Cl)cc2)cc1. The number of rotatable bonds is 10. The molecule has 10 nitrogen and oxygen atoms in total. The first kappa shape index (κ1) is 26.6. The highest BCUT2D eigenvalue weighted by Gasteiger charge is 2.20. The van der Waals surface area contributed by atoms with Crippen molar-refractivity contribution < 1.29 is 37.0 Å². The van der Waals surface area contributed by atoms with Gasteiger partial charge in [0.1, 0.15) is 5.75 Å². The Kier molecular flexibility index (Phi) is 8.62. The van der Waals surface area contributed by atoms with Gasteiger partial charge in [0.15, 0.2) is 18.1 Å². The van der Waals surface area contributed by atoms with Gasteiger partial charge in [-0.05, 0) is 48.5 Å². The van der Waals surface area contributed by atoms with E-state index in [-0.39, 0.29) is 27.6 Å². The van der Waals surface area contributed by atoms with E-state index < -0.39 is 28.5 Å². The number of carbonyl (C=O) groups excluding carboxylic acids is 2. The van der Waals surface area contributed by atoms with E-state index in [2.05, 4.69) is 10.0 Å². The Bertz CT molecular complexity index is 1340. The van der Waals surface area contributed by atoms with E-state index >= 15 is 0 Å². The lowest BCUT2D eigenvalue weighted by Crippen LogP contribution is -2.22. The van der Waals surface area contributed by atoms with Crippen LogP contribution in [0.15, 0.2) is 65.6 Å². The van der Waals surface area contributed by atoms with E-state index in [0.717, 1.165) is 0 Å².